The molecule has 1 fully saturated rings. The fourth-order valence-corrected chi connectivity index (χ4v) is 10.9. The molecule has 7 nitrogen and oxygen atoms in total. The minimum absolute atomic E-state index is 0.0260. The van der Waals surface area contributed by atoms with Crippen LogP contribution in [0.5, 0.6) is 0 Å². The Kier molecular flexibility index (Phi) is 8.30. The number of aliphatic hydroxyl groups excluding tert-OH is 1. The van der Waals surface area contributed by atoms with E-state index in [9.17, 15) is 19.8 Å². The lowest BCUT2D eigenvalue weighted by Crippen LogP contribution is -2.59. The third kappa shape index (κ3) is 5.13. The first-order valence-corrected chi connectivity index (χ1v) is 13.1. The van der Waals surface area contributed by atoms with E-state index in [1.54, 1.807) is 24.3 Å². The van der Waals surface area contributed by atoms with E-state index in [0.29, 0.717) is 22.2 Å². The average molecular weight is 452 g/mol. The molecule has 0 aliphatic carbocycles. The first kappa shape index (κ1) is 25.4. The van der Waals surface area contributed by atoms with Gasteiger partial charge in [-0.05, 0) is 34.3 Å². The van der Waals surface area contributed by atoms with Gasteiger partial charge in [-0.2, -0.15) is 0 Å². The minimum atomic E-state index is -2.32. The number of amides is 1. The number of carbonyl (C=O) groups is 2. The van der Waals surface area contributed by atoms with Crippen LogP contribution < -0.4 is 0 Å². The predicted molar refractivity (Wildman–Crippen MR) is 122 cm³/mol. The third-order valence-corrected chi connectivity index (χ3v) is 12.8. The average Bonchev–Trinajstić information content (AvgIpc) is 2.70. The molecular formula is C23H37NO6Si. The highest BCUT2D eigenvalue weighted by Gasteiger charge is 2.50. The van der Waals surface area contributed by atoms with Crippen LogP contribution >= 0.6 is 0 Å². The smallest absolute Gasteiger partial charge is 0.407 e. The maximum absolute atomic E-state index is 11.8. The molecule has 1 aromatic rings. The number of benzene rings is 1. The number of methoxy groups -OCH3 is 1. The van der Waals surface area contributed by atoms with Crippen molar-refractivity contribution in [3.63, 3.8) is 0 Å². The topological polar surface area (TPSA) is 96.3 Å². The van der Waals surface area contributed by atoms with Crippen LogP contribution in [0.2, 0.25) is 16.6 Å². The van der Waals surface area contributed by atoms with Crippen molar-refractivity contribution in [3.05, 3.63) is 35.4 Å². The summed E-state index contributed by atoms with van der Waals surface area (Å²) in [5.74, 6) is -0.808. The quantitative estimate of drug-likeness (QED) is 0.469. The molecule has 0 saturated carbocycles. The first-order chi connectivity index (χ1) is 14.4. The Labute approximate surface area is 186 Å². The number of ether oxygens (including phenoxy) is 1. The summed E-state index contributed by atoms with van der Waals surface area (Å²) in [6.45, 7) is 13.3. The normalized spacial score (nSPS) is 22.3. The Bertz CT molecular complexity index is 742. The van der Waals surface area contributed by atoms with Gasteiger partial charge in [0.25, 0.3) is 0 Å². The zero-order valence-electron chi connectivity index (χ0n) is 19.7. The lowest BCUT2D eigenvalue weighted by atomic mass is 9.84. The van der Waals surface area contributed by atoms with Crippen LogP contribution in [0.1, 0.15) is 63.4 Å². The standard InChI is InChI=1S/C23H37NO6Si/c1-14(2)31(15(3)4,16(5)6)30-20-13-24(23(27)28)12-19(25)21(20)17-8-10-18(11-9-17)22(26)29-7/h8-11,14-16,19-21,25H,12-13H2,1-7H3,(H,27,28)/t19-,20+,21+/m0/s1. The zero-order chi connectivity index (χ0) is 23.5. The van der Waals surface area contributed by atoms with Gasteiger partial charge in [-0.25, -0.2) is 9.59 Å². The van der Waals surface area contributed by atoms with E-state index in [1.807, 2.05) is 0 Å². The number of aliphatic hydroxyl groups is 1. The Balaban J connectivity index is 2.49. The summed E-state index contributed by atoms with van der Waals surface area (Å²) in [5.41, 5.74) is 2.23. The molecule has 1 aliphatic heterocycles. The number of nitrogens with zero attached hydrogens (tertiary/aromatic N) is 1. The molecule has 2 N–H and O–H groups in total. The molecule has 0 unspecified atom stereocenters. The number of carboxylic acid groups (broad SMARTS) is 1. The molecule has 0 radical (unpaired) electrons. The number of carbonyl (C=O) groups excluding carboxylic acids is 1. The van der Waals surface area contributed by atoms with Crippen LogP contribution in [-0.4, -0.2) is 67.9 Å². The molecule has 0 aromatic heterocycles. The number of rotatable bonds is 7. The number of piperidine rings is 1. The number of β-amino-alcohol motifs (C(OH)–C–C–N with tert-alkyl or cyclic N) is 1. The summed E-state index contributed by atoms with van der Waals surface area (Å²) in [4.78, 5) is 24.8. The molecule has 0 spiro atoms. The van der Waals surface area contributed by atoms with Crippen molar-refractivity contribution in [2.75, 3.05) is 20.2 Å². The molecule has 1 amide bonds. The Hall–Kier alpha value is -1.90. The van der Waals surface area contributed by atoms with Crippen LogP contribution in [0.4, 0.5) is 4.79 Å². The molecule has 3 atom stereocenters. The fourth-order valence-electron chi connectivity index (χ4n) is 5.33. The lowest BCUT2D eigenvalue weighted by Gasteiger charge is -2.49. The summed E-state index contributed by atoms with van der Waals surface area (Å²) in [5, 5.41) is 20.6. The summed E-state index contributed by atoms with van der Waals surface area (Å²) < 4.78 is 11.7. The summed E-state index contributed by atoms with van der Waals surface area (Å²) in [6, 6.07) is 6.95. The van der Waals surface area contributed by atoms with Crippen molar-refractivity contribution < 1.29 is 29.0 Å². The van der Waals surface area contributed by atoms with Gasteiger partial charge in [-0.15, -0.1) is 0 Å². The van der Waals surface area contributed by atoms with Crippen LogP contribution in [0.15, 0.2) is 24.3 Å². The van der Waals surface area contributed by atoms with Crippen molar-refractivity contribution in [2.45, 2.75) is 76.3 Å². The van der Waals surface area contributed by atoms with E-state index < -0.39 is 32.6 Å². The van der Waals surface area contributed by atoms with E-state index >= 15 is 0 Å². The number of likely N-dealkylation sites (tertiary alicyclic amines) is 1. The second-order valence-corrected chi connectivity index (χ2v) is 14.8. The van der Waals surface area contributed by atoms with E-state index in [2.05, 4.69) is 41.5 Å². The monoisotopic (exact) mass is 451 g/mol. The third-order valence-electron chi connectivity index (χ3n) is 6.67. The molecule has 174 valence electrons. The molecule has 1 saturated heterocycles. The molecule has 0 bridgehead atoms. The SMILES string of the molecule is COC(=O)c1ccc([C@@H]2[C@@H](O)CN(C(=O)O)C[C@H]2O[Si](C(C)C)(C(C)C)C(C)C)cc1. The van der Waals surface area contributed by atoms with Crippen molar-refractivity contribution in [1.29, 1.82) is 0 Å². The van der Waals surface area contributed by atoms with Gasteiger partial charge < -0.3 is 24.3 Å². The van der Waals surface area contributed by atoms with Crippen LogP contribution in [-0.2, 0) is 9.16 Å². The Morgan fingerprint density at radius 1 is 1.00 bits per heavy atom. The highest BCUT2D eigenvalue weighted by Crippen LogP contribution is 2.45. The maximum Gasteiger partial charge on any atom is 0.407 e. The van der Waals surface area contributed by atoms with Gasteiger partial charge in [-0.3, -0.25) is 0 Å². The van der Waals surface area contributed by atoms with Gasteiger partial charge in [0.2, 0.25) is 8.32 Å². The highest BCUT2D eigenvalue weighted by atomic mass is 28.4. The van der Waals surface area contributed by atoms with E-state index in [4.69, 9.17) is 9.16 Å². The van der Waals surface area contributed by atoms with E-state index in [1.165, 1.54) is 12.0 Å². The minimum Gasteiger partial charge on any atom is -0.465 e. The molecule has 31 heavy (non-hydrogen) atoms. The predicted octanol–water partition coefficient (Wildman–Crippen LogP) is 4.47. The maximum atomic E-state index is 11.8. The summed E-state index contributed by atoms with van der Waals surface area (Å²) >= 11 is 0. The molecule has 1 heterocycles. The fraction of sp³-hybridized carbons (Fsp3) is 0.652. The van der Waals surface area contributed by atoms with Gasteiger partial charge in [0.05, 0.1) is 31.4 Å². The van der Waals surface area contributed by atoms with Crippen LogP contribution in [0.3, 0.4) is 0 Å². The van der Waals surface area contributed by atoms with Gasteiger partial charge in [0.15, 0.2) is 0 Å². The van der Waals surface area contributed by atoms with E-state index in [0.717, 1.165) is 5.56 Å². The number of esters is 1. The summed E-state index contributed by atoms with van der Waals surface area (Å²) in [7, 11) is -0.990. The van der Waals surface area contributed by atoms with Crippen LogP contribution in [0, 0.1) is 0 Å². The van der Waals surface area contributed by atoms with Crippen molar-refractivity contribution in [2.24, 2.45) is 0 Å². The molecule has 8 heteroatoms. The molecule has 1 aliphatic rings. The van der Waals surface area contributed by atoms with Gasteiger partial charge >= 0.3 is 12.1 Å². The van der Waals surface area contributed by atoms with Crippen molar-refractivity contribution in [3.8, 4) is 0 Å². The zero-order valence-corrected chi connectivity index (χ0v) is 20.7. The lowest BCUT2D eigenvalue weighted by molar-refractivity contribution is -0.0190. The largest absolute Gasteiger partial charge is 0.465 e. The summed E-state index contributed by atoms with van der Waals surface area (Å²) in [6.07, 6.45) is -2.43. The van der Waals surface area contributed by atoms with E-state index in [-0.39, 0.29) is 19.0 Å². The number of hydrogen-bond acceptors (Lipinski definition) is 5. The van der Waals surface area contributed by atoms with Gasteiger partial charge in [0, 0.05) is 12.5 Å². The second kappa shape index (κ2) is 10.1. The number of hydrogen-bond donors (Lipinski definition) is 2. The Morgan fingerprint density at radius 3 is 1.94 bits per heavy atom. The van der Waals surface area contributed by atoms with Crippen molar-refractivity contribution in [1.82, 2.24) is 4.90 Å². The van der Waals surface area contributed by atoms with Gasteiger partial charge in [0.1, 0.15) is 0 Å². The van der Waals surface area contributed by atoms with Crippen molar-refractivity contribution >= 4 is 20.4 Å². The second-order valence-electron chi connectivity index (χ2n) is 9.37. The molecular weight excluding hydrogens is 414 g/mol. The molecule has 1 aromatic carbocycles. The Morgan fingerprint density at radius 2 is 1.52 bits per heavy atom. The molecule has 2 rings (SSSR count). The van der Waals surface area contributed by atoms with Crippen LogP contribution in [0.25, 0.3) is 0 Å². The highest BCUT2D eigenvalue weighted by molar-refractivity contribution is 6.77. The van der Waals surface area contributed by atoms with Gasteiger partial charge in [-0.1, -0.05) is 53.7 Å². The first-order valence-electron chi connectivity index (χ1n) is 11.0.